The zero-order valence-corrected chi connectivity index (χ0v) is 10.4. The van der Waals surface area contributed by atoms with E-state index in [2.05, 4.69) is 15.4 Å². The molecule has 1 atom stereocenters. The van der Waals surface area contributed by atoms with Gasteiger partial charge in [-0.2, -0.15) is 18.3 Å². The smallest absolute Gasteiger partial charge is 0.309 e. The second kappa shape index (κ2) is 5.32. The Bertz CT molecular complexity index is 594. The first-order valence-electron chi connectivity index (χ1n) is 5.72. The highest BCUT2D eigenvalue weighted by atomic mass is 19.4. The number of hydrogen-bond acceptors (Lipinski definition) is 3. The Morgan fingerprint density at radius 1 is 1.35 bits per heavy atom. The molecule has 1 N–H and O–H groups in total. The lowest BCUT2D eigenvalue weighted by molar-refractivity contribution is -0.141. The van der Waals surface area contributed by atoms with Crippen molar-refractivity contribution in [3.8, 4) is 0 Å². The molecule has 0 bridgehead atoms. The highest BCUT2D eigenvalue weighted by Gasteiger charge is 2.34. The Hall–Kier alpha value is -2.38. The van der Waals surface area contributed by atoms with Gasteiger partial charge in [0.05, 0.1) is 0 Å². The Morgan fingerprint density at radius 2 is 2.10 bits per heavy atom. The monoisotopic (exact) mass is 284 g/mol. The minimum atomic E-state index is -4.53. The fourth-order valence-electron chi connectivity index (χ4n) is 1.49. The molecule has 0 aliphatic rings. The summed E-state index contributed by atoms with van der Waals surface area (Å²) in [5.41, 5.74) is -1.03. The maximum absolute atomic E-state index is 12.4. The standard InChI is InChI=1S/C12H11F3N4O/c1-8(11(20)17-10-4-2-3-6-16-10)19-7-5-9(18-19)12(13,14)15/h2-8H,1H3,(H,16,17,20)/t8-/m1/s1. The number of carbonyl (C=O) groups is 1. The van der Waals surface area contributed by atoms with Gasteiger partial charge in [-0.1, -0.05) is 6.07 Å². The number of hydrogen-bond donors (Lipinski definition) is 1. The van der Waals surface area contributed by atoms with Crippen LogP contribution in [0, 0.1) is 0 Å². The molecule has 5 nitrogen and oxygen atoms in total. The molecule has 8 heteroatoms. The molecule has 0 aliphatic carbocycles. The van der Waals surface area contributed by atoms with Crippen molar-refractivity contribution in [3.05, 3.63) is 42.4 Å². The molecule has 2 aromatic heterocycles. The molecule has 20 heavy (non-hydrogen) atoms. The minimum Gasteiger partial charge on any atom is -0.309 e. The fourth-order valence-corrected chi connectivity index (χ4v) is 1.49. The predicted octanol–water partition coefficient (Wildman–Crippen LogP) is 2.50. The van der Waals surface area contributed by atoms with Gasteiger partial charge < -0.3 is 5.32 Å². The molecule has 106 valence electrons. The molecule has 2 heterocycles. The highest BCUT2D eigenvalue weighted by Crippen LogP contribution is 2.27. The molecule has 2 aromatic rings. The van der Waals surface area contributed by atoms with E-state index in [1.807, 2.05) is 0 Å². The van der Waals surface area contributed by atoms with Crippen molar-refractivity contribution in [1.29, 1.82) is 0 Å². The van der Waals surface area contributed by atoms with Crippen molar-refractivity contribution in [2.45, 2.75) is 19.1 Å². The molecule has 1 amide bonds. The number of carbonyl (C=O) groups excluding carboxylic acids is 1. The van der Waals surface area contributed by atoms with Crippen LogP contribution in [0.4, 0.5) is 19.0 Å². The topological polar surface area (TPSA) is 59.8 Å². The molecule has 2 rings (SSSR count). The van der Waals surface area contributed by atoms with Gasteiger partial charge >= 0.3 is 6.18 Å². The van der Waals surface area contributed by atoms with Crippen molar-refractivity contribution in [2.75, 3.05) is 5.32 Å². The molecule has 0 aromatic carbocycles. The maximum atomic E-state index is 12.4. The quantitative estimate of drug-likeness (QED) is 0.942. The Kier molecular flexibility index (Phi) is 3.73. The molecule has 0 spiro atoms. The zero-order valence-electron chi connectivity index (χ0n) is 10.4. The maximum Gasteiger partial charge on any atom is 0.435 e. The number of alkyl halides is 3. The van der Waals surface area contributed by atoms with E-state index in [1.165, 1.54) is 13.1 Å². The Morgan fingerprint density at radius 3 is 2.65 bits per heavy atom. The van der Waals surface area contributed by atoms with E-state index in [9.17, 15) is 18.0 Å². The number of nitrogens with one attached hydrogen (secondary N) is 1. The summed E-state index contributed by atoms with van der Waals surface area (Å²) in [4.78, 5) is 15.8. The van der Waals surface area contributed by atoms with Gasteiger partial charge in [0.2, 0.25) is 5.91 Å². The number of amides is 1. The molecule has 0 saturated heterocycles. The van der Waals surface area contributed by atoms with Crippen LogP contribution in [0.5, 0.6) is 0 Å². The van der Waals surface area contributed by atoms with Crippen LogP contribution >= 0.6 is 0 Å². The number of rotatable bonds is 3. The van der Waals surface area contributed by atoms with Gasteiger partial charge in [-0.05, 0) is 25.1 Å². The third-order valence-corrected chi connectivity index (χ3v) is 2.59. The van der Waals surface area contributed by atoms with Crippen molar-refractivity contribution < 1.29 is 18.0 Å². The van der Waals surface area contributed by atoms with E-state index >= 15 is 0 Å². The van der Waals surface area contributed by atoms with Gasteiger partial charge in [-0.3, -0.25) is 9.48 Å². The van der Waals surface area contributed by atoms with E-state index in [1.54, 1.807) is 18.2 Å². The summed E-state index contributed by atoms with van der Waals surface area (Å²) in [6.07, 6.45) is -1.91. The average Bonchev–Trinajstić information content (AvgIpc) is 2.88. The first-order chi connectivity index (χ1) is 9.38. The SMILES string of the molecule is C[C@H](C(=O)Nc1ccccn1)n1ccc(C(F)(F)F)n1. The summed E-state index contributed by atoms with van der Waals surface area (Å²) < 4.78 is 38.2. The van der Waals surface area contributed by atoms with Crippen LogP contribution in [0.1, 0.15) is 18.7 Å². The van der Waals surface area contributed by atoms with Gasteiger partial charge in [-0.15, -0.1) is 0 Å². The van der Waals surface area contributed by atoms with Crippen LogP contribution in [0.3, 0.4) is 0 Å². The van der Waals surface area contributed by atoms with Crippen LogP contribution in [-0.2, 0) is 11.0 Å². The van der Waals surface area contributed by atoms with E-state index in [-0.39, 0.29) is 0 Å². The number of nitrogens with zero attached hydrogens (tertiary/aromatic N) is 3. The third-order valence-electron chi connectivity index (χ3n) is 2.59. The van der Waals surface area contributed by atoms with E-state index in [0.717, 1.165) is 16.9 Å². The highest BCUT2D eigenvalue weighted by molar-refractivity contribution is 5.92. The molecular weight excluding hydrogens is 273 g/mol. The summed E-state index contributed by atoms with van der Waals surface area (Å²) in [6.45, 7) is 1.45. The third kappa shape index (κ3) is 3.14. The molecule has 0 radical (unpaired) electrons. The van der Waals surface area contributed by atoms with Crippen LogP contribution in [-0.4, -0.2) is 20.7 Å². The van der Waals surface area contributed by atoms with Gasteiger partial charge in [0.15, 0.2) is 5.69 Å². The number of aromatic nitrogens is 3. The van der Waals surface area contributed by atoms with E-state index in [0.29, 0.717) is 5.82 Å². The predicted molar refractivity (Wildman–Crippen MR) is 64.8 cm³/mol. The van der Waals surface area contributed by atoms with Crippen LogP contribution in [0.15, 0.2) is 36.7 Å². The van der Waals surface area contributed by atoms with E-state index < -0.39 is 23.8 Å². The van der Waals surface area contributed by atoms with Gasteiger partial charge in [0.25, 0.3) is 0 Å². The summed E-state index contributed by atoms with van der Waals surface area (Å²) in [5, 5.41) is 5.85. The Labute approximate surface area is 112 Å². The average molecular weight is 284 g/mol. The van der Waals surface area contributed by atoms with Gasteiger partial charge in [0.1, 0.15) is 11.9 Å². The zero-order chi connectivity index (χ0) is 14.8. The van der Waals surface area contributed by atoms with E-state index in [4.69, 9.17) is 0 Å². The van der Waals surface area contributed by atoms with Crippen LogP contribution in [0.25, 0.3) is 0 Å². The normalized spacial score (nSPS) is 13.0. The van der Waals surface area contributed by atoms with Crippen molar-refractivity contribution >= 4 is 11.7 Å². The Balaban J connectivity index is 2.09. The van der Waals surface area contributed by atoms with Crippen molar-refractivity contribution in [1.82, 2.24) is 14.8 Å². The van der Waals surface area contributed by atoms with Crippen LogP contribution in [0.2, 0.25) is 0 Å². The lowest BCUT2D eigenvalue weighted by Gasteiger charge is -2.12. The van der Waals surface area contributed by atoms with Crippen LogP contribution < -0.4 is 5.32 Å². The molecule has 0 fully saturated rings. The van der Waals surface area contributed by atoms with Gasteiger partial charge in [0, 0.05) is 12.4 Å². The first-order valence-corrected chi connectivity index (χ1v) is 5.72. The molecule has 0 aliphatic heterocycles. The number of anilines is 1. The largest absolute Gasteiger partial charge is 0.435 e. The number of halogens is 3. The minimum absolute atomic E-state index is 0.326. The first kappa shape index (κ1) is 14.0. The molecule has 0 saturated carbocycles. The summed E-state index contributed by atoms with van der Waals surface area (Å²) >= 11 is 0. The summed E-state index contributed by atoms with van der Waals surface area (Å²) in [5.74, 6) is -0.173. The summed E-state index contributed by atoms with van der Waals surface area (Å²) in [6, 6.07) is 4.89. The molecular formula is C12H11F3N4O. The second-order valence-electron chi connectivity index (χ2n) is 4.06. The van der Waals surface area contributed by atoms with Crippen molar-refractivity contribution in [3.63, 3.8) is 0 Å². The fraction of sp³-hybridized carbons (Fsp3) is 0.250. The lowest BCUT2D eigenvalue weighted by atomic mass is 10.3. The van der Waals surface area contributed by atoms with Gasteiger partial charge in [-0.25, -0.2) is 4.98 Å². The lowest BCUT2D eigenvalue weighted by Crippen LogP contribution is -2.24. The molecule has 0 unspecified atom stereocenters. The van der Waals surface area contributed by atoms with Crippen molar-refractivity contribution in [2.24, 2.45) is 0 Å². The second-order valence-corrected chi connectivity index (χ2v) is 4.06. The summed E-state index contributed by atoms with van der Waals surface area (Å²) in [7, 11) is 0. The number of pyridine rings is 1.